The first-order chi connectivity index (χ1) is 12.7. The van der Waals surface area contributed by atoms with Crippen molar-refractivity contribution < 1.29 is 4.79 Å². The highest BCUT2D eigenvalue weighted by atomic mass is 16.1. The fourth-order valence-corrected chi connectivity index (χ4v) is 2.80. The summed E-state index contributed by atoms with van der Waals surface area (Å²) in [6.45, 7) is 2.31. The number of hydrogen-bond donors (Lipinski definition) is 1. The van der Waals surface area contributed by atoms with Crippen molar-refractivity contribution in [1.82, 2.24) is 24.9 Å². The molecule has 4 rings (SSSR count). The zero-order valence-corrected chi connectivity index (χ0v) is 14.3. The minimum atomic E-state index is -0.175. The van der Waals surface area contributed by atoms with Gasteiger partial charge in [0.25, 0.3) is 5.91 Å². The van der Waals surface area contributed by atoms with E-state index in [9.17, 15) is 4.79 Å². The number of aryl methyl sites for hydroxylation is 1. The zero-order valence-electron chi connectivity index (χ0n) is 14.3. The van der Waals surface area contributed by atoms with Crippen LogP contribution < -0.4 is 5.32 Å². The molecule has 6 heteroatoms. The third kappa shape index (κ3) is 3.04. The van der Waals surface area contributed by atoms with Gasteiger partial charge in [-0.05, 0) is 24.6 Å². The van der Waals surface area contributed by atoms with Gasteiger partial charge in [0, 0.05) is 36.8 Å². The van der Waals surface area contributed by atoms with Crippen LogP contribution in [0, 0.1) is 6.92 Å². The molecule has 6 nitrogen and oxygen atoms in total. The molecule has 4 aromatic rings. The molecule has 1 amide bonds. The number of fused-ring (bicyclic) bond motifs is 1. The normalized spacial score (nSPS) is 10.8. The summed E-state index contributed by atoms with van der Waals surface area (Å²) in [6.07, 6.45) is 5.01. The molecule has 0 spiro atoms. The fraction of sp³-hybridized carbons (Fsp3) is 0.100. The summed E-state index contributed by atoms with van der Waals surface area (Å²) < 4.78 is 1.71. The lowest BCUT2D eigenvalue weighted by Crippen LogP contribution is -2.24. The summed E-state index contributed by atoms with van der Waals surface area (Å²) in [6, 6.07) is 15.6. The molecule has 3 heterocycles. The number of carbonyl (C=O) groups excluding carboxylic acids is 1. The molecule has 0 unspecified atom stereocenters. The van der Waals surface area contributed by atoms with E-state index in [-0.39, 0.29) is 5.91 Å². The average Bonchev–Trinajstić information content (AvgIpc) is 3.13. The average molecular weight is 343 g/mol. The van der Waals surface area contributed by atoms with E-state index in [0.29, 0.717) is 17.8 Å². The van der Waals surface area contributed by atoms with Crippen LogP contribution in [0.4, 0.5) is 0 Å². The van der Waals surface area contributed by atoms with Crippen LogP contribution in [0.25, 0.3) is 16.9 Å². The first kappa shape index (κ1) is 16.0. The van der Waals surface area contributed by atoms with Crippen LogP contribution in [-0.2, 0) is 6.54 Å². The molecule has 0 saturated heterocycles. The van der Waals surface area contributed by atoms with E-state index in [1.54, 1.807) is 23.1 Å². The molecule has 1 N–H and O–H groups in total. The van der Waals surface area contributed by atoms with Gasteiger partial charge >= 0.3 is 0 Å². The van der Waals surface area contributed by atoms with Crippen LogP contribution in [0.2, 0.25) is 0 Å². The summed E-state index contributed by atoms with van der Waals surface area (Å²) in [4.78, 5) is 20.9. The Morgan fingerprint density at radius 2 is 1.88 bits per heavy atom. The van der Waals surface area contributed by atoms with Crippen LogP contribution in [0.5, 0.6) is 0 Å². The lowest BCUT2D eigenvalue weighted by atomic mass is 10.2. The number of pyridine rings is 1. The van der Waals surface area contributed by atoms with Crippen molar-refractivity contribution in [2.75, 3.05) is 0 Å². The van der Waals surface area contributed by atoms with E-state index < -0.39 is 0 Å². The van der Waals surface area contributed by atoms with E-state index >= 15 is 0 Å². The van der Waals surface area contributed by atoms with Crippen molar-refractivity contribution in [2.24, 2.45) is 0 Å². The summed E-state index contributed by atoms with van der Waals surface area (Å²) in [7, 11) is 0. The van der Waals surface area contributed by atoms with Crippen LogP contribution in [0.15, 0.2) is 67.1 Å². The second-order valence-corrected chi connectivity index (χ2v) is 5.96. The molecule has 0 aliphatic heterocycles. The Morgan fingerprint density at radius 3 is 2.65 bits per heavy atom. The molecule has 1 aromatic carbocycles. The quantitative estimate of drug-likeness (QED) is 0.618. The third-order valence-corrected chi connectivity index (χ3v) is 4.24. The molecule has 0 bridgehead atoms. The van der Waals surface area contributed by atoms with Crippen molar-refractivity contribution in [3.63, 3.8) is 0 Å². The van der Waals surface area contributed by atoms with Crippen molar-refractivity contribution in [1.29, 1.82) is 0 Å². The molecule has 0 radical (unpaired) electrons. The SMILES string of the molecule is Cc1c(C(=O)NCc2ccncc2)cnc2cc(-c3ccccc3)nn12. The lowest BCUT2D eigenvalue weighted by molar-refractivity contribution is 0.0949. The molecule has 0 fully saturated rings. The Hall–Kier alpha value is -3.54. The molecule has 128 valence electrons. The van der Waals surface area contributed by atoms with Crippen molar-refractivity contribution in [3.8, 4) is 11.3 Å². The minimum Gasteiger partial charge on any atom is -0.348 e. The van der Waals surface area contributed by atoms with E-state index in [2.05, 4.69) is 20.4 Å². The predicted molar refractivity (Wildman–Crippen MR) is 98.6 cm³/mol. The molecule has 0 atom stereocenters. The van der Waals surface area contributed by atoms with Gasteiger partial charge in [-0.3, -0.25) is 9.78 Å². The topological polar surface area (TPSA) is 72.2 Å². The summed E-state index contributed by atoms with van der Waals surface area (Å²) in [5, 5.41) is 7.52. The molecule has 0 saturated carbocycles. The Bertz CT molecular complexity index is 1060. The highest BCUT2D eigenvalue weighted by molar-refractivity contribution is 5.95. The van der Waals surface area contributed by atoms with Crippen LogP contribution in [0.1, 0.15) is 21.6 Å². The van der Waals surface area contributed by atoms with Crippen LogP contribution in [0.3, 0.4) is 0 Å². The standard InChI is InChI=1S/C20H17N5O/c1-14-17(20(26)23-12-15-7-9-21-10-8-15)13-22-19-11-18(24-25(14)19)16-5-3-2-4-6-16/h2-11,13H,12H2,1H3,(H,23,26). The van der Waals surface area contributed by atoms with Crippen molar-refractivity contribution in [3.05, 3.63) is 83.9 Å². The van der Waals surface area contributed by atoms with Gasteiger partial charge in [-0.15, -0.1) is 0 Å². The van der Waals surface area contributed by atoms with Crippen LogP contribution >= 0.6 is 0 Å². The predicted octanol–water partition coefficient (Wildman–Crippen LogP) is 3.03. The van der Waals surface area contributed by atoms with Gasteiger partial charge in [-0.1, -0.05) is 30.3 Å². The van der Waals surface area contributed by atoms with E-state index in [0.717, 1.165) is 22.5 Å². The van der Waals surface area contributed by atoms with Gasteiger partial charge in [0.15, 0.2) is 5.65 Å². The number of aromatic nitrogens is 4. The van der Waals surface area contributed by atoms with Gasteiger partial charge in [0.05, 0.1) is 17.0 Å². The maximum atomic E-state index is 12.6. The Balaban J connectivity index is 1.62. The molecular weight excluding hydrogens is 326 g/mol. The highest BCUT2D eigenvalue weighted by Gasteiger charge is 2.14. The summed E-state index contributed by atoms with van der Waals surface area (Å²) in [5.74, 6) is -0.175. The van der Waals surface area contributed by atoms with Gasteiger partial charge in [0.1, 0.15) is 0 Å². The molecule has 0 aliphatic rings. The second kappa shape index (κ2) is 6.76. The molecule has 26 heavy (non-hydrogen) atoms. The van der Waals surface area contributed by atoms with E-state index in [1.807, 2.05) is 55.5 Å². The first-order valence-corrected chi connectivity index (χ1v) is 8.30. The van der Waals surface area contributed by atoms with Gasteiger partial charge in [-0.25, -0.2) is 9.50 Å². The van der Waals surface area contributed by atoms with E-state index in [4.69, 9.17) is 0 Å². The number of benzene rings is 1. The third-order valence-electron chi connectivity index (χ3n) is 4.24. The maximum Gasteiger partial charge on any atom is 0.254 e. The second-order valence-electron chi connectivity index (χ2n) is 5.96. The number of nitrogens with one attached hydrogen (secondary N) is 1. The van der Waals surface area contributed by atoms with Gasteiger partial charge < -0.3 is 5.32 Å². The first-order valence-electron chi connectivity index (χ1n) is 8.30. The Kier molecular flexibility index (Phi) is 4.15. The fourth-order valence-electron chi connectivity index (χ4n) is 2.80. The Labute approximate surface area is 150 Å². The largest absolute Gasteiger partial charge is 0.348 e. The van der Waals surface area contributed by atoms with Gasteiger partial charge in [-0.2, -0.15) is 5.10 Å². The van der Waals surface area contributed by atoms with Crippen molar-refractivity contribution in [2.45, 2.75) is 13.5 Å². The number of rotatable bonds is 4. The monoisotopic (exact) mass is 343 g/mol. The molecule has 3 aromatic heterocycles. The minimum absolute atomic E-state index is 0.175. The lowest BCUT2D eigenvalue weighted by Gasteiger charge is -2.08. The number of nitrogens with zero attached hydrogens (tertiary/aromatic N) is 4. The summed E-state index contributed by atoms with van der Waals surface area (Å²) in [5.41, 5.74) is 4.81. The smallest absolute Gasteiger partial charge is 0.254 e. The Morgan fingerprint density at radius 1 is 1.12 bits per heavy atom. The van der Waals surface area contributed by atoms with Crippen molar-refractivity contribution >= 4 is 11.6 Å². The molecular formula is C20H17N5O. The van der Waals surface area contributed by atoms with E-state index in [1.165, 1.54) is 0 Å². The number of amides is 1. The number of hydrogen-bond acceptors (Lipinski definition) is 4. The number of carbonyl (C=O) groups is 1. The maximum absolute atomic E-state index is 12.6. The van der Waals surface area contributed by atoms with Crippen LogP contribution in [-0.4, -0.2) is 25.5 Å². The molecule has 0 aliphatic carbocycles. The highest BCUT2D eigenvalue weighted by Crippen LogP contribution is 2.20. The van der Waals surface area contributed by atoms with Gasteiger partial charge in [0.2, 0.25) is 0 Å². The summed E-state index contributed by atoms with van der Waals surface area (Å²) >= 11 is 0. The zero-order chi connectivity index (χ0) is 17.9.